The Bertz CT molecular complexity index is 594. The van der Waals surface area contributed by atoms with Crippen LogP contribution in [0.4, 0.5) is 5.69 Å². The van der Waals surface area contributed by atoms with Crippen LogP contribution in [-0.2, 0) is 4.79 Å². The number of amides is 1. The van der Waals surface area contributed by atoms with Crippen molar-refractivity contribution in [3.8, 4) is 5.75 Å². The molecule has 1 aromatic carbocycles. The van der Waals surface area contributed by atoms with Gasteiger partial charge in [-0.25, -0.2) is 0 Å². The molecule has 1 saturated heterocycles. The molecule has 0 aromatic heterocycles. The molecule has 0 aliphatic carbocycles. The monoisotopic (exact) mass is 320 g/mol. The quantitative estimate of drug-likeness (QED) is 0.472. The number of hydrogen-bond acceptors (Lipinski definition) is 5. The lowest BCUT2D eigenvalue weighted by molar-refractivity contribution is -0.386. The van der Waals surface area contributed by atoms with Crippen LogP contribution in [0.25, 0.3) is 0 Å². The summed E-state index contributed by atoms with van der Waals surface area (Å²) in [6.45, 7) is 2.97. The van der Waals surface area contributed by atoms with Crippen molar-refractivity contribution in [3.05, 3.63) is 33.9 Å². The second-order valence-corrected chi connectivity index (χ2v) is 5.60. The smallest absolute Gasteiger partial charge is 0.311 e. The first-order valence-corrected chi connectivity index (χ1v) is 7.72. The van der Waals surface area contributed by atoms with Crippen molar-refractivity contribution in [1.29, 1.82) is 0 Å². The second-order valence-electron chi connectivity index (χ2n) is 5.60. The maximum atomic E-state index is 12.4. The maximum absolute atomic E-state index is 12.4. The average Bonchev–Trinajstić information content (AvgIpc) is 2.83. The Kier molecular flexibility index (Phi) is 5.67. The highest BCUT2D eigenvalue weighted by Crippen LogP contribution is 2.28. The highest BCUT2D eigenvalue weighted by atomic mass is 16.6. The van der Waals surface area contributed by atoms with Crippen LogP contribution in [0.3, 0.4) is 0 Å². The van der Waals surface area contributed by atoms with Gasteiger partial charge in [-0.1, -0.05) is 12.8 Å². The minimum absolute atomic E-state index is 0.00345. The Balaban J connectivity index is 2.12. The topological polar surface area (TPSA) is 89.7 Å². The van der Waals surface area contributed by atoms with Gasteiger partial charge >= 0.3 is 5.69 Å². The first-order chi connectivity index (χ1) is 11.0. The summed E-state index contributed by atoms with van der Waals surface area (Å²) in [5, 5.41) is 11.1. The minimum atomic E-state index is -0.811. The number of likely N-dealkylation sites (tertiary alicyclic amines) is 1. The van der Waals surface area contributed by atoms with Crippen LogP contribution in [0.5, 0.6) is 5.75 Å². The Hall–Kier alpha value is -2.44. The zero-order valence-corrected chi connectivity index (χ0v) is 13.1. The molecule has 1 fully saturated rings. The molecule has 0 unspecified atom stereocenters. The normalized spacial score (nSPS) is 16.3. The molecule has 23 heavy (non-hydrogen) atoms. The van der Waals surface area contributed by atoms with Gasteiger partial charge in [0.05, 0.1) is 4.92 Å². The molecule has 7 nitrogen and oxygen atoms in total. The number of carbonyl (C=O) groups excluding carboxylic acids is 2. The van der Waals surface area contributed by atoms with Gasteiger partial charge in [0.25, 0.3) is 5.91 Å². The fourth-order valence-corrected chi connectivity index (χ4v) is 2.64. The second kappa shape index (κ2) is 7.71. The van der Waals surface area contributed by atoms with Crippen LogP contribution >= 0.6 is 0 Å². The number of ether oxygens (including phenoxy) is 1. The third kappa shape index (κ3) is 4.28. The molecule has 124 valence electrons. The predicted molar refractivity (Wildman–Crippen MR) is 83.6 cm³/mol. The van der Waals surface area contributed by atoms with Gasteiger partial charge < -0.3 is 9.64 Å². The van der Waals surface area contributed by atoms with Crippen LogP contribution in [0, 0.1) is 10.1 Å². The first kappa shape index (κ1) is 16.9. The standard InChI is InChI=1S/C16H20N2O5/c1-12(16(20)17-8-4-2-3-5-9-17)23-15-7-6-13(11-19)10-14(15)18(21)22/h6-7,10-12H,2-5,8-9H2,1H3/t12-/m1/s1. The lowest BCUT2D eigenvalue weighted by Gasteiger charge is -2.24. The van der Waals surface area contributed by atoms with E-state index in [1.165, 1.54) is 12.1 Å². The Morgan fingerprint density at radius 2 is 1.96 bits per heavy atom. The van der Waals surface area contributed by atoms with Crippen LogP contribution in [0.15, 0.2) is 18.2 Å². The van der Waals surface area contributed by atoms with Crippen molar-refractivity contribution in [3.63, 3.8) is 0 Å². The summed E-state index contributed by atoms with van der Waals surface area (Å²) in [5.74, 6) is -0.170. The van der Waals surface area contributed by atoms with Crippen molar-refractivity contribution in [2.24, 2.45) is 0 Å². The lowest BCUT2D eigenvalue weighted by Crippen LogP contribution is -2.41. The fraction of sp³-hybridized carbons (Fsp3) is 0.500. The number of rotatable bonds is 5. The van der Waals surface area contributed by atoms with E-state index in [1.54, 1.807) is 11.8 Å². The van der Waals surface area contributed by atoms with Gasteiger partial charge in [-0.15, -0.1) is 0 Å². The number of benzene rings is 1. The first-order valence-electron chi connectivity index (χ1n) is 7.72. The summed E-state index contributed by atoms with van der Waals surface area (Å²) in [6.07, 6.45) is 3.87. The summed E-state index contributed by atoms with van der Waals surface area (Å²) in [6, 6.07) is 3.93. The Labute approximate surface area is 134 Å². The number of aldehydes is 1. The summed E-state index contributed by atoms with van der Waals surface area (Å²) in [5.41, 5.74) is -0.124. The van der Waals surface area contributed by atoms with E-state index in [0.717, 1.165) is 31.7 Å². The Morgan fingerprint density at radius 1 is 1.30 bits per heavy atom. The van der Waals surface area contributed by atoms with Crippen molar-refractivity contribution < 1.29 is 19.2 Å². The van der Waals surface area contributed by atoms with Crippen LogP contribution < -0.4 is 4.74 Å². The SMILES string of the molecule is C[C@@H](Oc1ccc(C=O)cc1[N+](=O)[O-])C(=O)N1CCCCCC1. The molecule has 0 N–H and O–H groups in total. The van der Waals surface area contributed by atoms with Gasteiger partial charge in [0.15, 0.2) is 11.9 Å². The largest absolute Gasteiger partial charge is 0.474 e. The minimum Gasteiger partial charge on any atom is -0.474 e. The van der Waals surface area contributed by atoms with E-state index in [2.05, 4.69) is 0 Å². The zero-order chi connectivity index (χ0) is 16.8. The number of carbonyl (C=O) groups is 2. The number of hydrogen-bond donors (Lipinski definition) is 0. The van der Waals surface area contributed by atoms with Gasteiger partial charge in [0.2, 0.25) is 0 Å². The average molecular weight is 320 g/mol. The molecular formula is C16H20N2O5. The number of nitrogens with zero attached hydrogens (tertiary/aromatic N) is 2. The number of nitro benzene ring substituents is 1. The zero-order valence-electron chi connectivity index (χ0n) is 13.1. The molecule has 1 aliphatic heterocycles. The lowest BCUT2D eigenvalue weighted by atomic mass is 10.2. The van der Waals surface area contributed by atoms with Gasteiger partial charge in [0, 0.05) is 24.7 Å². The molecule has 1 aromatic rings. The molecule has 1 amide bonds. The molecule has 0 radical (unpaired) electrons. The van der Waals surface area contributed by atoms with Crippen molar-refractivity contribution in [2.45, 2.75) is 38.7 Å². The third-order valence-electron chi connectivity index (χ3n) is 3.89. The molecule has 0 saturated carbocycles. The van der Waals surface area contributed by atoms with Crippen LogP contribution in [-0.4, -0.2) is 41.2 Å². The molecule has 1 aliphatic rings. The van der Waals surface area contributed by atoms with Crippen LogP contribution in [0.1, 0.15) is 43.0 Å². The van der Waals surface area contributed by atoms with Gasteiger partial charge in [-0.3, -0.25) is 19.7 Å². The highest BCUT2D eigenvalue weighted by Gasteiger charge is 2.25. The maximum Gasteiger partial charge on any atom is 0.311 e. The van der Waals surface area contributed by atoms with Crippen molar-refractivity contribution in [2.75, 3.05) is 13.1 Å². The van der Waals surface area contributed by atoms with E-state index in [-0.39, 0.29) is 22.9 Å². The van der Waals surface area contributed by atoms with Gasteiger partial charge in [-0.05, 0) is 31.9 Å². The molecule has 0 bridgehead atoms. The van der Waals surface area contributed by atoms with Crippen LogP contribution in [0.2, 0.25) is 0 Å². The Morgan fingerprint density at radius 3 is 2.52 bits per heavy atom. The summed E-state index contributed by atoms with van der Waals surface area (Å²) >= 11 is 0. The third-order valence-corrected chi connectivity index (χ3v) is 3.89. The van der Waals surface area contributed by atoms with E-state index in [0.29, 0.717) is 19.4 Å². The molecule has 1 atom stereocenters. The van der Waals surface area contributed by atoms with E-state index < -0.39 is 11.0 Å². The molecule has 1 heterocycles. The number of nitro groups is 1. The molecule has 0 spiro atoms. The summed E-state index contributed by atoms with van der Waals surface area (Å²) in [4.78, 5) is 35.4. The van der Waals surface area contributed by atoms with Crippen molar-refractivity contribution in [1.82, 2.24) is 4.90 Å². The predicted octanol–water partition coefficient (Wildman–Crippen LogP) is 2.58. The molecule has 2 rings (SSSR count). The van der Waals surface area contributed by atoms with E-state index in [9.17, 15) is 19.7 Å². The van der Waals surface area contributed by atoms with Gasteiger partial charge in [-0.2, -0.15) is 0 Å². The van der Waals surface area contributed by atoms with E-state index in [4.69, 9.17) is 4.74 Å². The molecule has 7 heteroatoms. The molecular weight excluding hydrogens is 300 g/mol. The highest BCUT2D eigenvalue weighted by molar-refractivity contribution is 5.81. The summed E-state index contributed by atoms with van der Waals surface area (Å²) < 4.78 is 5.51. The van der Waals surface area contributed by atoms with Crippen molar-refractivity contribution >= 4 is 17.9 Å². The van der Waals surface area contributed by atoms with Gasteiger partial charge in [0.1, 0.15) is 6.29 Å². The van der Waals surface area contributed by atoms with E-state index >= 15 is 0 Å². The summed E-state index contributed by atoms with van der Waals surface area (Å²) in [7, 11) is 0. The fourth-order valence-electron chi connectivity index (χ4n) is 2.64. The van der Waals surface area contributed by atoms with E-state index in [1.807, 2.05) is 0 Å².